The average molecular weight is 464 g/mol. The van der Waals surface area contributed by atoms with Gasteiger partial charge in [0.25, 0.3) is 5.91 Å². The second kappa shape index (κ2) is 9.01. The van der Waals surface area contributed by atoms with Crippen molar-refractivity contribution in [1.29, 1.82) is 0 Å². The Morgan fingerprint density at radius 3 is 2.69 bits per heavy atom. The summed E-state index contributed by atoms with van der Waals surface area (Å²) in [6.07, 6.45) is 1.52. The molecule has 1 aromatic carbocycles. The van der Waals surface area contributed by atoms with Gasteiger partial charge in [-0.05, 0) is 44.2 Å². The topological polar surface area (TPSA) is 63.9 Å². The van der Waals surface area contributed by atoms with Crippen LogP contribution in [0.15, 0.2) is 36.0 Å². The Kier molecular flexibility index (Phi) is 6.32. The number of rotatable bonds is 5. The van der Waals surface area contributed by atoms with Gasteiger partial charge in [0.15, 0.2) is 5.69 Å². The Bertz CT molecular complexity index is 1080. The van der Waals surface area contributed by atoms with Gasteiger partial charge in [-0.2, -0.15) is 28.2 Å². The van der Waals surface area contributed by atoms with Crippen molar-refractivity contribution in [3.05, 3.63) is 57.8 Å². The molecule has 1 aliphatic rings. The average Bonchev–Trinajstić information content (AvgIpc) is 3.44. The lowest BCUT2D eigenvalue weighted by atomic mass is 9.87. The third kappa shape index (κ3) is 4.69. The molecule has 1 fully saturated rings. The van der Waals surface area contributed by atoms with Crippen molar-refractivity contribution in [2.45, 2.75) is 51.7 Å². The third-order valence-electron chi connectivity index (χ3n) is 5.89. The largest absolute Gasteiger partial charge is 0.434 e. The summed E-state index contributed by atoms with van der Waals surface area (Å²) in [4.78, 5) is 20.7. The molecule has 1 saturated heterocycles. The molecular weight excluding hydrogens is 439 g/mol. The summed E-state index contributed by atoms with van der Waals surface area (Å²) in [5, 5.41) is 9.84. The van der Waals surface area contributed by atoms with Crippen LogP contribution in [0.2, 0.25) is 0 Å². The number of thiazole rings is 1. The van der Waals surface area contributed by atoms with Crippen LogP contribution in [0.3, 0.4) is 0 Å². The second-order valence-corrected chi connectivity index (χ2v) is 9.13. The zero-order valence-corrected chi connectivity index (χ0v) is 18.7. The highest BCUT2D eigenvalue weighted by atomic mass is 32.1. The molecule has 3 heterocycles. The highest BCUT2D eigenvalue weighted by Crippen LogP contribution is 2.32. The first-order valence-corrected chi connectivity index (χ1v) is 11.4. The molecule has 4 rings (SSSR count). The minimum atomic E-state index is -4.43. The van der Waals surface area contributed by atoms with Gasteiger partial charge in [-0.3, -0.25) is 4.79 Å². The highest BCUT2D eigenvalue weighted by molar-refractivity contribution is 7.09. The fourth-order valence-corrected chi connectivity index (χ4v) is 5.08. The van der Waals surface area contributed by atoms with E-state index in [1.807, 2.05) is 30.0 Å². The number of aromatic nitrogens is 4. The van der Waals surface area contributed by atoms with Gasteiger partial charge in [-0.1, -0.05) is 18.6 Å². The van der Waals surface area contributed by atoms with E-state index in [1.165, 1.54) is 4.80 Å². The minimum absolute atomic E-state index is 0.0755. The van der Waals surface area contributed by atoms with Crippen LogP contribution in [-0.4, -0.2) is 43.4 Å². The molecule has 0 radical (unpaired) electrons. The molecule has 2 atom stereocenters. The number of likely N-dealkylation sites (tertiary alicyclic amines) is 1. The predicted octanol–water partition coefficient (Wildman–Crippen LogP) is 4.92. The first kappa shape index (κ1) is 22.4. The molecule has 6 nitrogen and oxygen atoms in total. The van der Waals surface area contributed by atoms with Crippen LogP contribution < -0.4 is 0 Å². The van der Waals surface area contributed by atoms with E-state index in [2.05, 4.69) is 22.1 Å². The Labute approximate surface area is 188 Å². The molecule has 0 saturated carbocycles. The van der Waals surface area contributed by atoms with Gasteiger partial charge in [0, 0.05) is 24.4 Å². The summed E-state index contributed by atoms with van der Waals surface area (Å²) >= 11 is 1.02. The summed E-state index contributed by atoms with van der Waals surface area (Å²) in [6, 6.07) is 5.51. The summed E-state index contributed by atoms with van der Waals surface area (Å²) in [5.74, 6) is 0.138. The molecule has 0 N–H and O–H groups in total. The summed E-state index contributed by atoms with van der Waals surface area (Å²) in [5.41, 5.74) is 1.23. The number of piperidine rings is 1. The van der Waals surface area contributed by atoms with Crippen molar-refractivity contribution in [1.82, 2.24) is 24.9 Å². The van der Waals surface area contributed by atoms with Crippen molar-refractivity contribution in [2.75, 3.05) is 6.54 Å². The number of benzene rings is 1. The molecule has 32 heavy (non-hydrogen) atoms. The van der Waals surface area contributed by atoms with E-state index in [9.17, 15) is 18.0 Å². The van der Waals surface area contributed by atoms with Gasteiger partial charge in [0.2, 0.25) is 0 Å². The van der Waals surface area contributed by atoms with Gasteiger partial charge in [-0.25, -0.2) is 4.98 Å². The Hall–Kier alpha value is -2.75. The number of amides is 1. The van der Waals surface area contributed by atoms with Gasteiger partial charge < -0.3 is 4.90 Å². The van der Waals surface area contributed by atoms with E-state index in [4.69, 9.17) is 0 Å². The maximum Gasteiger partial charge on any atom is 0.434 e. The van der Waals surface area contributed by atoms with Crippen molar-refractivity contribution in [3.8, 4) is 5.69 Å². The van der Waals surface area contributed by atoms with Gasteiger partial charge in [0.05, 0.1) is 28.7 Å². The van der Waals surface area contributed by atoms with E-state index in [-0.39, 0.29) is 17.9 Å². The van der Waals surface area contributed by atoms with E-state index in [0.29, 0.717) is 35.6 Å². The van der Waals surface area contributed by atoms with E-state index in [0.717, 1.165) is 35.1 Å². The molecule has 0 unspecified atom stereocenters. The van der Waals surface area contributed by atoms with Crippen LogP contribution >= 0.6 is 11.3 Å². The number of nitrogens with zero attached hydrogens (tertiary/aromatic N) is 5. The summed E-state index contributed by atoms with van der Waals surface area (Å²) < 4.78 is 38.6. The van der Waals surface area contributed by atoms with Crippen molar-refractivity contribution >= 4 is 17.2 Å². The molecule has 2 aromatic heterocycles. The smallest absolute Gasteiger partial charge is 0.335 e. The van der Waals surface area contributed by atoms with Crippen LogP contribution in [0.25, 0.3) is 5.69 Å². The molecule has 0 spiro atoms. The molecule has 3 aromatic rings. The van der Waals surface area contributed by atoms with E-state index in [1.54, 1.807) is 12.4 Å². The fourth-order valence-electron chi connectivity index (χ4n) is 4.26. The van der Waals surface area contributed by atoms with Gasteiger partial charge in [0.1, 0.15) is 0 Å². The zero-order chi connectivity index (χ0) is 22.9. The number of hydrogen-bond donors (Lipinski definition) is 0. The minimum Gasteiger partial charge on any atom is -0.335 e. The van der Waals surface area contributed by atoms with Crippen molar-refractivity contribution in [2.24, 2.45) is 5.92 Å². The molecule has 170 valence electrons. The van der Waals surface area contributed by atoms with E-state index >= 15 is 0 Å². The number of carbonyl (C=O) groups is 1. The standard InChI is InChI=1S/C22H24F3N5OS/c1-14-5-6-18(30-26-9-10-27-30)16(12-14)21(31)29-11-3-4-15(2)17(29)7-8-20-28-19(13-32-20)22(23,24)25/h5-6,9-10,12-13,15,17H,3-4,7-8,11H2,1-2H3/t15-,17-/m1/s1. The van der Waals surface area contributed by atoms with Gasteiger partial charge in [-0.15, -0.1) is 11.3 Å². The fraction of sp³-hybridized carbons (Fsp3) is 0.455. The Balaban J connectivity index is 1.57. The number of halogens is 3. The highest BCUT2D eigenvalue weighted by Gasteiger charge is 2.35. The monoisotopic (exact) mass is 463 g/mol. The summed E-state index contributed by atoms with van der Waals surface area (Å²) in [6.45, 7) is 4.63. The maximum atomic E-state index is 13.7. The van der Waals surface area contributed by atoms with E-state index < -0.39 is 11.9 Å². The summed E-state index contributed by atoms with van der Waals surface area (Å²) in [7, 11) is 0. The lowest BCUT2D eigenvalue weighted by Crippen LogP contribution is -2.48. The van der Waals surface area contributed by atoms with Crippen LogP contribution in [0.5, 0.6) is 0 Å². The van der Waals surface area contributed by atoms with Crippen molar-refractivity contribution < 1.29 is 18.0 Å². The second-order valence-electron chi connectivity index (χ2n) is 8.19. The number of hydrogen-bond acceptors (Lipinski definition) is 5. The normalized spacial score (nSPS) is 19.3. The lowest BCUT2D eigenvalue weighted by Gasteiger charge is -2.40. The number of alkyl halides is 3. The Morgan fingerprint density at radius 2 is 2.00 bits per heavy atom. The number of aryl methyl sites for hydroxylation is 2. The first-order valence-electron chi connectivity index (χ1n) is 10.5. The first-order chi connectivity index (χ1) is 15.2. The van der Waals surface area contributed by atoms with Crippen LogP contribution in [0, 0.1) is 12.8 Å². The predicted molar refractivity (Wildman–Crippen MR) is 115 cm³/mol. The number of carbonyl (C=O) groups excluding carboxylic acids is 1. The molecule has 0 bridgehead atoms. The van der Waals surface area contributed by atoms with Crippen LogP contribution in [0.1, 0.15) is 52.8 Å². The van der Waals surface area contributed by atoms with Crippen LogP contribution in [-0.2, 0) is 12.6 Å². The third-order valence-corrected chi connectivity index (χ3v) is 6.80. The Morgan fingerprint density at radius 1 is 1.25 bits per heavy atom. The van der Waals surface area contributed by atoms with Gasteiger partial charge >= 0.3 is 6.18 Å². The zero-order valence-electron chi connectivity index (χ0n) is 17.8. The molecule has 0 aliphatic carbocycles. The molecular formula is C22H24F3N5OS. The SMILES string of the molecule is Cc1ccc(-n2nccn2)c(C(=O)N2CCC[C@@H](C)[C@H]2CCc2nc(C(F)(F)F)cs2)c1. The molecule has 10 heteroatoms. The maximum absolute atomic E-state index is 13.7. The lowest BCUT2D eigenvalue weighted by molar-refractivity contribution is -0.140. The molecule has 1 aliphatic heterocycles. The molecule has 1 amide bonds. The van der Waals surface area contributed by atoms with Crippen molar-refractivity contribution in [3.63, 3.8) is 0 Å². The quantitative estimate of drug-likeness (QED) is 0.539. The van der Waals surface area contributed by atoms with Crippen LogP contribution in [0.4, 0.5) is 13.2 Å².